The molecule has 2 aromatic carbocycles. The fourth-order valence-electron chi connectivity index (χ4n) is 4.25. The minimum absolute atomic E-state index is 0.105. The standard InChI is InChI=1S/C26H23BrCl2N4O3S/c1-30-26(34)24-23-13-19(16-3-4-16)22(14-33(23)31-25(24)17-5-7-18(28)8-6-17)32-37(35,36)11-10-15-2-9-20(27)21(29)12-15/h2,5-9,12-14,16,32H,3-4,10-11H2,1H3,(H,30,34). The molecule has 192 valence electrons. The molecule has 0 atom stereocenters. The number of halogens is 3. The van der Waals surface area contributed by atoms with Crippen molar-refractivity contribution in [2.75, 3.05) is 17.5 Å². The first-order valence-electron chi connectivity index (χ1n) is 11.6. The Morgan fingerprint density at radius 1 is 1.14 bits per heavy atom. The highest BCUT2D eigenvalue weighted by atomic mass is 79.9. The number of nitrogens with zero attached hydrogens (tertiary/aromatic N) is 2. The van der Waals surface area contributed by atoms with E-state index < -0.39 is 10.0 Å². The molecule has 0 aliphatic heterocycles. The number of benzene rings is 2. The number of aromatic nitrogens is 2. The highest BCUT2D eigenvalue weighted by Gasteiger charge is 2.30. The number of nitrogens with one attached hydrogen (secondary N) is 2. The maximum absolute atomic E-state index is 13.1. The van der Waals surface area contributed by atoms with E-state index in [9.17, 15) is 13.2 Å². The van der Waals surface area contributed by atoms with Gasteiger partial charge in [0.05, 0.1) is 33.7 Å². The van der Waals surface area contributed by atoms with Crippen LogP contribution in [0.5, 0.6) is 0 Å². The molecule has 2 N–H and O–H groups in total. The van der Waals surface area contributed by atoms with E-state index in [2.05, 4.69) is 31.1 Å². The van der Waals surface area contributed by atoms with Crippen molar-refractivity contribution in [2.45, 2.75) is 25.2 Å². The summed E-state index contributed by atoms with van der Waals surface area (Å²) >= 11 is 15.6. The van der Waals surface area contributed by atoms with E-state index in [0.29, 0.717) is 38.9 Å². The zero-order valence-electron chi connectivity index (χ0n) is 19.8. The zero-order valence-corrected chi connectivity index (χ0v) is 23.7. The third-order valence-corrected chi connectivity index (χ3v) is 9.06. The molecule has 5 rings (SSSR count). The number of pyridine rings is 1. The summed E-state index contributed by atoms with van der Waals surface area (Å²) in [6.07, 6.45) is 3.88. The fourth-order valence-corrected chi connectivity index (χ4v) is 5.94. The van der Waals surface area contributed by atoms with Crippen molar-refractivity contribution in [3.63, 3.8) is 0 Å². The van der Waals surface area contributed by atoms with Gasteiger partial charge in [0.25, 0.3) is 5.91 Å². The minimum Gasteiger partial charge on any atom is -0.355 e. The molecule has 2 aromatic heterocycles. The summed E-state index contributed by atoms with van der Waals surface area (Å²) in [6, 6.07) is 14.4. The molecule has 1 saturated carbocycles. The normalized spacial score (nSPS) is 13.6. The van der Waals surface area contributed by atoms with Crippen molar-refractivity contribution in [2.24, 2.45) is 0 Å². The lowest BCUT2D eigenvalue weighted by atomic mass is 10.0. The van der Waals surface area contributed by atoms with Crippen LogP contribution in [-0.4, -0.2) is 36.7 Å². The number of hydrogen-bond acceptors (Lipinski definition) is 4. The molecule has 0 radical (unpaired) electrons. The van der Waals surface area contributed by atoms with Gasteiger partial charge < -0.3 is 5.32 Å². The lowest BCUT2D eigenvalue weighted by molar-refractivity contribution is 0.0965. The predicted molar refractivity (Wildman–Crippen MR) is 151 cm³/mol. The molecule has 0 spiro atoms. The highest BCUT2D eigenvalue weighted by molar-refractivity contribution is 9.10. The second kappa shape index (κ2) is 10.3. The molecule has 11 heteroatoms. The van der Waals surface area contributed by atoms with Crippen molar-refractivity contribution in [1.29, 1.82) is 0 Å². The SMILES string of the molecule is CNC(=O)c1c(-c2ccc(Cl)cc2)nn2cc(NS(=O)(=O)CCc3ccc(Br)c(Cl)c3)c(C3CC3)cc12. The van der Waals surface area contributed by atoms with E-state index in [-0.39, 0.29) is 17.6 Å². The minimum atomic E-state index is -3.67. The Bertz CT molecular complexity index is 1620. The van der Waals surface area contributed by atoms with Gasteiger partial charge in [-0.2, -0.15) is 5.10 Å². The van der Waals surface area contributed by atoms with Gasteiger partial charge in [0.2, 0.25) is 10.0 Å². The molecule has 0 unspecified atom stereocenters. The monoisotopic (exact) mass is 620 g/mol. The molecule has 7 nitrogen and oxygen atoms in total. The number of rotatable bonds is 8. The van der Waals surface area contributed by atoms with Crippen molar-refractivity contribution in [3.05, 3.63) is 85.9 Å². The average Bonchev–Trinajstić information content (AvgIpc) is 3.65. The highest BCUT2D eigenvalue weighted by Crippen LogP contribution is 2.45. The van der Waals surface area contributed by atoms with Crippen molar-refractivity contribution >= 4 is 66.3 Å². The average molecular weight is 622 g/mol. The number of sulfonamides is 1. The number of carbonyl (C=O) groups excluding carboxylic acids is 1. The number of aryl methyl sites for hydroxylation is 1. The van der Waals surface area contributed by atoms with Crippen LogP contribution in [0.25, 0.3) is 16.8 Å². The van der Waals surface area contributed by atoms with Crippen LogP contribution in [0.4, 0.5) is 5.69 Å². The van der Waals surface area contributed by atoms with Crippen molar-refractivity contribution in [3.8, 4) is 11.3 Å². The number of carbonyl (C=O) groups is 1. The van der Waals surface area contributed by atoms with Gasteiger partial charge in [-0.25, -0.2) is 12.9 Å². The first kappa shape index (κ1) is 26.0. The van der Waals surface area contributed by atoms with E-state index >= 15 is 0 Å². The van der Waals surface area contributed by atoms with Gasteiger partial charge in [-0.3, -0.25) is 9.52 Å². The molecule has 4 aromatic rings. The van der Waals surface area contributed by atoms with Crippen LogP contribution < -0.4 is 10.0 Å². The molecule has 37 heavy (non-hydrogen) atoms. The van der Waals surface area contributed by atoms with Crippen LogP contribution in [0.2, 0.25) is 10.0 Å². The second-order valence-electron chi connectivity index (χ2n) is 8.98. The molecular weight excluding hydrogens is 599 g/mol. The summed E-state index contributed by atoms with van der Waals surface area (Å²) in [6.45, 7) is 0. The van der Waals surface area contributed by atoms with Crippen LogP contribution in [0.1, 0.15) is 40.2 Å². The van der Waals surface area contributed by atoms with E-state index in [1.165, 1.54) is 0 Å². The van der Waals surface area contributed by atoms with Crippen molar-refractivity contribution < 1.29 is 13.2 Å². The van der Waals surface area contributed by atoms with Gasteiger partial charge in [-0.1, -0.05) is 41.4 Å². The second-order valence-corrected chi connectivity index (χ2v) is 12.5. The van der Waals surface area contributed by atoms with Gasteiger partial charge in [0.1, 0.15) is 5.69 Å². The Kier molecular flexibility index (Phi) is 7.24. The number of fused-ring (bicyclic) bond motifs is 1. The lowest BCUT2D eigenvalue weighted by Gasteiger charge is -2.13. The summed E-state index contributed by atoms with van der Waals surface area (Å²) < 4.78 is 31.2. The molecule has 1 aliphatic carbocycles. The molecule has 1 fully saturated rings. The largest absolute Gasteiger partial charge is 0.355 e. The Morgan fingerprint density at radius 3 is 2.51 bits per heavy atom. The van der Waals surface area contributed by atoms with Gasteiger partial charge in [-0.05, 0) is 82.6 Å². The number of amides is 1. The van der Waals surface area contributed by atoms with Crippen LogP contribution >= 0.6 is 39.1 Å². The topological polar surface area (TPSA) is 92.6 Å². The van der Waals surface area contributed by atoms with E-state index in [1.54, 1.807) is 54.2 Å². The molecule has 1 amide bonds. The van der Waals surface area contributed by atoms with Crippen LogP contribution in [0.3, 0.4) is 0 Å². The van der Waals surface area contributed by atoms with Gasteiger partial charge >= 0.3 is 0 Å². The Balaban J connectivity index is 1.52. The lowest BCUT2D eigenvalue weighted by Crippen LogP contribution is -2.20. The summed E-state index contributed by atoms with van der Waals surface area (Å²) in [5.41, 5.74) is 4.41. The van der Waals surface area contributed by atoms with Crippen LogP contribution in [0.15, 0.2) is 59.2 Å². The first-order valence-corrected chi connectivity index (χ1v) is 14.8. The van der Waals surface area contributed by atoms with Crippen LogP contribution in [-0.2, 0) is 16.4 Å². The predicted octanol–water partition coefficient (Wildman–Crippen LogP) is 6.29. The van der Waals surface area contributed by atoms with Gasteiger partial charge in [0, 0.05) is 22.1 Å². The van der Waals surface area contributed by atoms with Gasteiger partial charge in [-0.15, -0.1) is 0 Å². The maximum Gasteiger partial charge on any atom is 0.255 e. The van der Waals surface area contributed by atoms with E-state index in [4.69, 9.17) is 23.2 Å². The van der Waals surface area contributed by atoms with E-state index in [0.717, 1.165) is 34.0 Å². The third kappa shape index (κ3) is 5.65. The summed E-state index contributed by atoms with van der Waals surface area (Å²) in [7, 11) is -2.10. The summed E-state index contributed by atoms with van der Waals surface area (Å²) in [5, 5.41) is 8.47. The van der Waals surface area contributed by atoms with Crippen LogP contribution in [0, 0.1) is 0 Å². The Labute approximate surface area is 233 Å². The summed E-state index contributed by atoms with van der Waals surface area (Å²) in [4.78, 5) is 12.9. The molecule has 1 aliphatic rings. The summed E-state index contributed by atoms with van der Waals surface area (Å²) in [5.74, 6) is -0.159. The number of hydrogen-bond donors (Lipinski definition) is 2. The smallest absolute Gasteiger partial charge is 0.255 e. The van der Waals surface area contributed by atoms with Gasteiger partial charge in [0.15, 0.2) is 0 Å². The van der Waals surface area contributed by atoms with Crippen molar-refractivity contribution in [1.82, 2.24) is 14.9 Å². The molecule has 2 heterocycles. The molecule has 0 saturated heterocycles. The first-order chi connectivity index (χ1) is 17.6. The zero-order chi connectivity index (χ0) is 26.3. The number of anilines is 1. The quantitative estimate of drug-likeness (QED) is 0.242. The fraction of sp³-hybridized carbons (Fsp3) is 0.231. The van der Waals surface area contributed by atoms with E-state index in [1.807, 2.05) is 12.1 Å². The Morgan fingerprint density at radius 2 is 1.86 bits per heavy atom. The molecular formula is C26H23BrCl2N4O3S. The third-order valence-electron chi connectivity index (χ3n) is 6.30. The Hall–Kier alpha value is -2.59. The molecule has 0 bridgehead atoms. The maximum atomic E-state index is 13.1.